The first-order valence-electron chi connectivity index (χ1n) is 6.21. The van der Waals surface area contributed by atoms with Gasteiger partial charge in [-0.05, 0) is 36.6 Å². The van der Waals surface area contributed by atoms with Crippen molar-refractivity contribution in [3.8, 4) is 0 Å². The van der Waals surface area contributed by atoms with E-state index < -0.39 is 0 Å². The fraction of sp³-hybridized carbons (Fsp3) is 0.0714. The first-order valence-corrected chi connectivity index (χ1v) is 7.09. The van der Waals surface area contributed by atoms with Gasteiger partial charge in [-0.25, -0.2) is 9.97 Å². The molecule has 0 aliphatic carbocycles. The highest BCUT2D eigenvalue weighted by Gasteiger charge is 2.07. The summed E-state index contributed by atoms with van der Waals surface area (Å²) < 4.78 is 0. The van der Waals surface area contributed by atoms with E-state index in [1.807, 2.05) is 36.7 Å². The van der Waals surface area contributed by atoms with E-state index in [4.69, 9.17) is 0 Å². The molecule has 0 aliphatic heterocycles. The van der Waals surface area contributed by atoms with E-state index in [-0.39, 0.29) is 0 Å². The number of nitrogens with zero attached hydrogens (tertiary/aromatic N) is 3. The lowest BCUT2D eigenvalue weighted by atomic mass is 10.2. The summed E-state index contributed by atoms with van der Waals surface area (Å²) in [6, 6.07) is 8.10. The van der Waals surface area contributed by atoms with Crippen molar-refractivity contribution in [3.63, 3.8) is 0 Å². The predicted molar refractivity (Wildman–Crippen MR) is 81.5 cm³/mol. The average Bonchev–Trinajstić information content (AvgIpc) is 3.05. The van der Waals surface area contributed by atoms with E-state index in [0.29, 0.717) is 0 Å². The second-order valence-corrected chi connectivity index (χ2v) is 5.45. The normalized spacial score (nSPS) is 11.2. The molecular weight excluding hydrogens is 270 g/mol. The van der Waals surface area contributed by atoms with E-state index in [0.717, 1.165) is 38.4 Å². The molecule has 0 saturated heterocycles. The topological polar surface area (TPSA) is 66.5 Å². The van der Waals surface area contributed by atoms with Crippen molar-refractivity contribution >= 4 is 44.0 Å². The highest BCUT2D eigenvalue weighted by Crippen LogP contribution is 2.28. The molecule has 0 atom stereocenters. The van der Waals surface area contributed by atoms with Crippen LogP contribution in [0.1, 0.15) is 5.82 Å². The Bertz CT molecular complexity index is 908. The Hall–Kier alpha value is -2.47. The standard InChI is InChI=1S/C14H11N5S/c1-8-16-13(11-4-5-20-14(11)17-8)18-10-2-3-12-9(6-10)7-15-19-12/h2-7H,1H3,(H,15,19)(H,16,17,18). The summed E-state index contributed by atoms with van der Waals surface area (Å²) in [6.07, 6.45) is 1.81. The largest absolute Gasteiger partial charge is 0.340 e. The molecule has 98 valence electrons. The van der Waals surface area contributed by atoms with Crippen LogP contribution >= 0.6 is 11.3 Å². The number of fused-ring (bicyclic) bond motifs is 2. The monoisotopic (exact) mass is 281 g/mol. The minimum Gasteiger partial charge on any atom is -0.340 e. The first kappa shape index (κ1) is 11.4. The van der Waals surface area contributed by atoms with Gasteiger partial charge >= 0.3 is 0 Å². The molecule has 6 heteroatoms. The second-order valence-electron chi connectivity index (χ2n) is 4.56. The number of hydrogen-bond acceptors (Lipinski definition) is 5. The lowest BCUT2D eigenvalue weighted by Crippen LogP contribution is -1.97. The molecule has 0 radical (unpaired) electrons. The Morgan fingerprint density at radius 1 is 1.20 bits per heavy atom. The molecule has 2 N–H and O–H groups in total. The smallest absolute Gasteiger partial charge is 0.142 e. The first-order chi connectivity index (χ1) is 9.79. The van der Waals surface area contributed by atoms with Gasteiger partial charge in [-0.2, -0.15) is 5.10 Å². The van der Waals surface area contributed by atoms with Crippen molar-refractivity contribution in [2.45, 2.75) is 6.92 Å². The van der Waals surface area contributed by atoms with Gasteiger partial charge in [0, 0.05) is 11.1 Å². The van der Waals surface area contributed by atoms with Gasteiger partial charge < -0.3 is 5.32 Å². The number of aromatic amines is 1. The van der Waals surface area contributed by atoms with Crippen LogP contribution in [0.2, 0.25) is 0 Å². The number of hydrogen-bond donors (Lipinski definition) is 2. The maximum absolute atomic E-state index is 4.50. The average molecular weight is 281 g/mol. The molecule has 0 amide bonds. The lowest BCUT2D eigenvalue weighted by Gasteiger charge is -2.07. The van der Waals surface area contributed by atoms with Crippen LogP contribution in [0, 0.1) is 6.92 Å². The van der Waals surface area contributed by atoms with Crippen LogP contribution in [0.5, 0.6) is 0 Å². The van der Waals surface area contributed by atoms with Crippen molar-refractivity contribution < 1.29 is 0 Å². The van der Waals surface area contributed by atoms with Gasteiger partial charge in [0.15, 0.2) is 0 Å². The number of anilines is 2. The fourth-order valence-electron chi connectivity index (χ4n) is 2.21. The maximum atomic E-state index is 4.50. The summed E-state index contributed by atoms with van der Waals surface area (Å²) in [4.78, 5) is 9.93. The number of aromatic nitrogens is 4. The van der Waals surface area contributed by atoms with E-state index in [9.17, 15) is 0 Å². The Morgan fingerprint density at radius 3 is 3.10 bits per heavy atom. The van der Waals surface area contributed by atoms with Crippen molar-refractivity contribution in [3.05, 3.63) is 41.7 Å². The van der Waals surface area contributed by atoms with Crippen LogP contribution in [0.15, 0.2) is 35.8 Å². The zero-order chi connectivity index (χ0) is 13.5. The molecule has 4 rings (SSSR count). The van der Waals surface area contributed by atoms with Gasteiger partial charge in [0.2, 0.25) is 0 Å². The van der Waals surface area contributed by atoms with Gasteiger partial charge in [0.05, 0.1) is 17.1 Å². The molecule has 0 bridgehead atoms. The highest BCUT2D eigenvalue weighted by atomic mass is 32.1. The molecule has 0 unspecified atom stereocenters. The maximum Gasteiger partial charge on any atom is 0.142 e. The fourth-order valence-corrected chi connectivity index (χ4v) is 3.02. The van der Waals surface area contributed by atoms with E-state index >= 15 is 0 Å². The minimum atomic E-state index is 0.770. The van der Waals surface area contributed by atoms with Crippen molar-refractivity contribution in [1.82, 2.24) is 20.2 Å². The number of benzene rings is 1. The molecule has 5 nitrogen and oxygen atoms in total. The number of thiophene rings is 1. The Morgan fingerprint density at radius 2 is 2.15 bits per heavy atom. The Kier molecular flexibility index (Phi) is 2.43. The molecule has 20 heavy (non-hydrogen) atoms. The van der Waals surface area contributed by atoms with Crippen molar-refractivity contribution in [2.24, 2.45) is 0 Å². The molecule has 0 spiro atoms. The zero-order valence-corrected chi connectivity index (χ0v) is 11.5. The number of nitrogens with one attached hydrogen (secondary N) is 2. The van der Waals surface area contributed by atoms with Crippen LogP contribution in [-0.4, -0.2) is 20.2 Å². The summed E-state index contributed by atoms with van der Waals surface area (Å²) in [5.74, 6) is 1.61. The van der Waals surface area contributed by atoms with Gasteiger partial charge in [0.25, 0.3) is 0 Å². The van der Waals surface area contributed by atoms with Gasteiger partial charge in [-0.1, -0.05) is 0 Å². The van der Waals surface area contributed by atoms with E-state index in [2.05, 4.69) is 31.5 Å². The van der Waals surface area contributed by atoms with Gasteiger partial charge in [-0.3, -0.25) is 5.10 Å². The third kappa shape index (κ3) is 1.81. The van der Waals surface area contributed by atoms with Crippen LogP contribution in [-0.2, 0) is 0 Å². The summed E-state index contributed by atoms with van der Waals surface area (Å²) in [7, 11) is 0. The van der Waals surface area contributed by atoms with Crippen LogP contribution < -0.4 is 5.32 Å². The highest BCUT2D eigenvalue weighted by molar-refractivity contribution is 7.16. The second kappa shape index (κ2) is 4.28. The third-order valence-corrected chi connectivity index (χ3v) is 3.95. The zero-order valence-electron chi connectivity index (χ0n) is 10.7. The minimum absolute atomic E-state index is 0.770. The Balaban J connectivity index is 1.81. The lowest BCUT2D eigenvalue weighted by molar-refractivity contribution is 1.10. The third-order valence-electron chi connectivity index (χ3n) is 3.14. The molecule has 3 heterocycles. The molecule has 0 fully saturated rings. The molecule has 1 aromatic carbocycles. The van der Waals surface area contributed by atoms with E-state index in [1.165, 1.54) is 0 Å². The molecular formula is C14H11N5S. The molecule has 0 aliphatic rings. The Labute approximate surface area is 118 Å². The van der Waals surface area contributed by atoms with Crippen molar-refractivity contribution in [2.75, 3.05) is 5.32 Å². The number of H-pyrrole nitrogens is 1. The molecule has 4 aromatic rings. The summed E-state index contributed by atoms with van der Waals surface area (Å²) >= 11 is 1.62. The molecule has 3 aromatic heterocycles. The van der Waals surface area contributed by atoms with Crippen molar-refractivity contribution in [1.29, 1.82) is 0 Å². The van der Waals surface area contributed by atoms with Gasteiger partial charge in [-0.15, -0.1) is 11.3 Å². The van der Waals surface area contributed by atoms with Crippen LogP contribution in [0.25, 0.3) is 21.1 Å². The van der Waals surface area contributed by atoms with Crippen LogP contribution in [0.4, 0.5) is 11.5 Å². The number of rotatable bonds is 2. The predicted octanol–water partition coefficient (Wildman–Crippen LogP) is 3.62. The molecule has 0 saturated carbocycles. The SMILES string of the molecule is Cc1nc(Nc2ccc3[nH]ncc3c2)c2ccsc2n1. The summed E-state index contributed by atoms with van der Waals surface area (Å²) in [5, 5.41) is 14.5. The quantitative estimate of drug-likeness (QED) is 0.589. The summed E-state index contributed by atoms with van der Waals surface area (Å²) in [5.41, 5.74) is 2.01. The van der Waals surface area contributed by atoms with E-state index in [1.54, 1.807) is 11.3 Å². The summed E-state index contributed by atoms with van der Waals surface area (Å²) in [6.45, 7) is 1.91. The number of aryl methyl sites for hydroxylation is 1. The van der Waals surface area contributed by atoms with Crippen LogP contribution in [0.3, 0.4) is 0 Å². The van der Waals surface area contributed by atoms with Gasteiger partial charge in [0.1, 0.15) is 16.5 Å².